The van der Waals surface area contributed by atoms with E-state index in [1.807, 2.05) is 0 Å². The molecule has 0 spiro atoms. The molecule has 0 radical (unpaired) electrons. The van der Waals surface area contributed by atoms with Crippen LogP contribution in [0, 0.1) is 0 Å². The fraction of sp³-hybridized carbons (Fsp3) is 0.960. The quantitative estimate of drug-likeness (QED) is 0.252. The van der Waals surface area contributed by atoms with E-state index in [9.17, 15) is 4.79 Å². The molecular formula is C25H50N2O2. The fourth-order valence-corrected chi connectivity index (χ4v) is 4.24. The van der Waals surface area contributed by atoms with Crippen molar-refractivity contribution in [1.29, 1.82) is 0 Å². The van der Waals surface area contributed by atoms with Gasteiger partial charge in [0.1, 0.15) is 0 Å². The third-order valence-corrected chi connectivity index (χ3v) is 6.20. The summed E-state index contributed by atoms with van der Waals surface area (Å²) in [4.78, 5) is 12.2. The van der Waals surface area contributed by atoms with E-state index in [0.29, 0.717) is 6.42 Å². The average Bonchev–Trinajstić information content (AvgIpc) is 2.75. The maximum Gasteiger partial charge on any atom is 0.220 e. The lowest BCUT2D eigenvalue weighted by Gasteiger charge is -2.31. The molecule has 1 amide bonds. The summed E-state index contributed by atoms with van der Waals surface area (Å²) in [6, 6.07) is 0.145. The highest BCUT2D eigenvalue weighted by molar-refractivity contribution is 5.76. The highest BCUT2D eigenvalue weighted by Gasteiger charge is 2.24. The molecule has 4 nitrogen and oxygen atoms in total. The zero-order valence-electron chi connectivity index (χ0n) is 19.6. The molecule has 1 rings (SSSR count). The highest BCUT2D eigenvalue weighted by Crippen LogP contribution is 2.14. The average molecular weight is 411 g/mol. The number of carbonyl (C=O) groups is 1. The summed E-state index contributed by atoms with van der Waals surface area (Å²) in [7, 11) is 0. The van der Waals surface area contributed by atoms with Gasteiger partial charge >= 0.3 is 0 Å². The molecule has 1 aliphatic rings. The van der Waals surface area contributed by atoms with E-state index in [0.717, 1.165) is 32.5 Å². The number of carbonyl (C=O) groups excluding carboxylic acids is 1. The minimum atomic E-state index is 0.124. The lowest BCUT2D eigenvalue weighted by molar-refractivity contribution is -0.123. The SMILES string of the molecule is CCCCCCCCCCCCCCCCCC(=O)NC(CC)C1CNCCO1. The highest BCUT2D eigenvalue weighted by atomic mass is 16.5. The van der Waals surface area contributed by atoms with Gasteiger partial charge in [0.25, 0.3) is 0 Å². The minimum absolute atomic E-state index is 0.124. The van der Waals surface area contributed by atoms with Crippen LogP contribution in [0.3, 0.4) is 0 Å². The number of rotatable bonds is 19. The Morgan fingerprint density at radius 3 is 1.83 bits per heavy atom. The first-order chi connectivity index (χ1) is 14.3. The Balaban J connectivity index is 1.84. The van der Waals surface area contributed by atoms with Gasteiger partial charge in [0.2, 0.25) is 5.91 Å². The van der Waals surface area contributed by atoms with Crippen LogP contribution in [0.15, 0.2) is 0 Å². The van der Waals surface area contributed by atoms with Gasteiger partial charge in [0, 0.05) is 19.5 Å². The van der Waals surface area contributed by atoms with Crippen molar-refractivity contribution in [2.45, 2.75) is 135 Å². The van der Waals surface area contributed by atoms with Crippen molar-refractivity contribution in [1.82, 2.24) is 10.6 Å². The molecule has 1 aliphatic heterocycles. The van der Waals surface area contributed by atoms with Gasteiger partial charge in [-0.25, -0.2) is 0 Å². The third kappa shape index (κ3) is 14.9. The Labute approximate surface area is 181 Å². The van der Waals surface area contributed by atoms with Crippen LogP contribution in [0.1, 0.15) is 123 Å². The first-order valence-electron chi connectivity index (χ1n) is 12.9. The molecule has 4 heteroatoms. The number of ether oxygens (including phenoxy) is 1. The van der Waals surface area contributed by atoms with Crippen LogP contribution in [0.25, 0.3) is 0 Å². The van der Waals surface area contributed by atoms with E-state index in [1.54, 1.807) is 0 Å². The minimum Gasteiger partial charge on any atom is -0.373 e. The zero-order valence-corrected chi connectivity index (χ0v) is 19.6. The van der Waals surface area contributed by atoms with Crippen molar-refractivity contribution in [3.63, 3.8) is 0 Å². The Hall–Kier alpha value is -0.610. The number of unbranched alkanes of at least 4 members (excludes halogenated alkanes) is 14. The third-order valence-electron chi connectivity index (χ3n) is 6.20. The van der Waals surface area contributed by atoms with Crippen molar-refractivity contribution in [3.05, 3.63) is 0 Å². The molecule has 1 saturated heterocycles. The summed E-state index contributed by atoms with van der Waals surface area (Å²) in [5.74, 6) is 0.195. The molecule has 0 aromatic carbocycles. The van der Waals surface area contributed by atoms with E-state index in [1.165, 1.54) is 89.9 Å². The van der Waals surface area contributed by atoms with Crippen molar-refractivity contribution in [3.8, 4) is 0 Å². The Kier molecular flexibility index (Phi) is 17.6. The second kappa shape index (κ2) is 19.4. The maximum absolute atomic E-state index is 12.2. The topological polar surface area (TPSA) is 50.4 Å². The zero-order chi connectivity index (χ0) is 21.0. The summed E-state index contributed by atoms with van der Waals surface area (Å²) in [6.07, 6.45) is 22.1. The lowest BCUT2D eigenvalue weighted by Crippen LogP contribution is -2.51. The molecule has 2 unspecified atom stereocenters. The van der Waals surface area contributed by atoms with Crippen molar-refractivity contribution >= 4 is 5.91 Å². The number of hydrogen-bond acceptors (Lipinski definition) is 3. The van der Waals surface area contributed by atoms with Gasteiger partial charge in [-0.05, 0) is 12.8 Å². The first-order valence-corrected chi connectivity index (χ1v) is 12.9. The van der Waals surface area contributed by atoms with Crippen molar-refractivity contribution < 1.29 is 9.53 Å². The molecule has 0 saturated carbocycles. The van der Waals surface area contributed by atoms with E-state index in [2.05, 4.69) is 24.5 Å². The fourth-order valence-electron chi connectivity index (χ4n) is 4.24. The molecule has 29 heavy (non-hydrogen) atoms. The first kappa shape index (κ1) is 26.4. The standard InChI is InChI=1S/C25H50N2O2/c1-3-5-6-7-8-9-10-11-12-13-14-15-16-17-18-19-25(28)27-23(4-2)24-22-26-20-21-29-24/h23-24,26H,3-22H2,1-2H3,(H,27,28). The summed E-state index contributed by atoms with van der Waals surface area (Å²) in [5.41, 5.74) is 0. The second-order valence-electron chi connectivity index (χ2n) is 8.90. The van der Waals surface area contributed by atoms with E-state index in [4.69, 9.17) is 4.74 Å². The van der Waals surface area contributed by atoms with E-state index >= 15 is 0 Å². The van der Waals surface area contributed by atoms with Gasteiger partial charge in [0.15, 0.2) is 0 Å². The van der Waals surface area contributed by atoms with Crippen LogP contribution in [0.5, 0.6) is 0 Å². The largest absolute Gasteiger partial charge is 0.373 e. The van der Waals surface area contributed by atoms with Crippen molar-refractivity contribution in [2.24, 2.45) is 0 Å². The Bertz CT molecular complexity index is 370. The van der Waals surface area contributed by atoms with Gasteiger partial charge in [-0.15, -0.1) is 0 Å². The number of amides is 1. The van der Waals surface area contributed by atoms with Crippen LogP contribution in [0.4, 0.5) is 0 Å². The predicted octanol–water partition coefficient (Wildman–Crippen LogP) is 6.13. The van der Waals surface area contributed by atoms with Gasteiger partial charge in [-0.3, -0.25) is 4.79 Å². The molecule has 2 N–H and O–H groups in total. The van der Waals surface area contributed by atoms with Gasteiger partial charge < -0.3 is 15.4 Å². The molecule has 172 valence electrons. The number of nitrogens with one attached hydrogen (secondary N) is 2. The van der Waals surface area contributed by atoms with Crippen LogP contribution in [-0.4, -0.2) is 37.7 Å². The van der Waals surface area contributed by atoms with E-state index < -0.39 is 0 Å². The van der Waals surface area contributed by atoms with Crippen LogP contribution in [0.2, 0.25) is 0 Å². The Morgan fingerprint density at radius 1 is 0.862 bits per heavy atom. The van der Waals surface area contributed by atoms with Crippen LogP contribution >= 0.6 is 0 Å². The summed E-state index contributed by atoms with van der Waals surface area (Å²) in [6.45, 7) is 6.91. The monoisotopic (exact) mass is 410 g/mol. The number of morpholine rings is 1. The summed E-state index contributed by atoms with van der Waals surface area (Å²) < 4.78 is 5.79. The van der Waals surface area contributed by atoms with Crippen LogP contribution < -0.4 is 10.6 Å². The molecular weight excluding hydrogens is 360 g/mol. The van der Waals surface area contributed by atoms with Crippen LogP contribution in [-0.2, 0) is 9.53 Å². The Morgan fingerprint density at radius 2 is 1.38 bits per heavy atom. The maximum atomic E-state index is 12.2. The summed E-state index contributed by atoms with van der Waals surface area (Å²) in [5, 5.41) is 6.53. The summed E-state index contributed by atoms with van der Waals surface area (Å²) >= 11 is 0. The molecule has 0 aromatic rings. The molecule has 0 bridgehead atoms. The lowest BCUT2D eigenvalue weighted by atomic mass is 10.0. The predicted molar refractivity (Wildman–Crippen MR) is 124 cm³/mol. The normalized spacial score (nSPS) is 17.9. The molecule has 0 aromatic heterocycles. The second-order valence-corrected chi connectivity index (χ2v) is 8.90. The van der Waals surface area contributed by atoms with Gasteiger partial charge in [-0.2, -0.15) is 0 Å². The van der Waals surface area contributed by atoms with E-state index in [-0.39, 0.29) is 18.1 Å². The van der Waals surface area contributed by atoms with Gasteiger partial charge in [-0.1, -0.05) is 104 Å². The molecule has 0 aliphatic carbocycles. The van der Waals surface area contributed by atoms with Gasteiger partial charge in [0.05, 0.1) is 18.8 Å². The van der Waals surface area contributed by atoms with Crippen molar-refractivity contribution in [2.75, 3.05) is 19.7 Å². The number of hydrogen-bond donors (Lipinski definition) is 2. The molecule has 1 heterocycles. The molecule has 1 fully saturated rings. The molecule has 2 atom stereocenters. The smallest absolute Gasteiger partial charge is 0.220 e.